The van der Waals surface area contributed by atoms with Crippen molar-refractivity contribution in [3.05, 3.63) is 61.9 Å². The zero-order valence-electron chi connectivity index (χ0n) is 16.8. The third-order valence-electron chi connectivity index (χ3n) is 4.26. The molecule has 0 bridgehead atoms. The molecule has 9 heteroatoms. The van der Waals surface area contributed by atoms with Crippen molar-refractivity contribution in [2.75, 3.05) is 19.8 Å². The number of ketones is 1. The van der Waals surface area contributed by atoms with Crippen LogP contribution in [0.4, 0.5) is 4.79 Å². The monoisotopic (exact) mass is 523 g/mol. The number of carbonyl (C=O) groups is 3. The number of thioether (sulfide) groups is 1. The van der Waals surface area contributed by atoms with Gasteiger partial charge in [-0.05, 0) is 61.5 Å². The zero-order valence-corrected chi connectivity index (χ0v) is 20.0. The number of benzene rings is 2. The molecule has 2 amide bonds. The largest absolute Gasteiger partial charge is 0.490 e. The van der Waals surface area contributed by atoms with Crippen LogP contribution in [-0.4, -0.2) is 41.6 Å². The molecule has 0 N–H and O–H groups in total. The molecule has 0 unspecified atom stereocenters. The Morgan fingerprint density at radius 1 is 1.13 bits per heavy atom. The minimum absolute atomic E-state index is 0.205. The van der Waals surface area contributed by atoms with Crippen LogP contribution >= 0.6 is 39.3 Å². The lowest BCUT2D eigenvalue weighted by atomic mass is 10.1. The fraction of sp³-hybridized carbons (Fsp3) is 0.227. The van der Waals surface area contributed by atoms with Gasteiger partial charge in [-0.2, -0.15) is 0 Å². The van der Waals surface area contributed by atoms with Crippen molar-refractivity contribution in [1.29, 1.82) is 0 Å². The average Bonchev–Trinajstić information content (AvgIpc) is 2.98. The summed E-state index contributed by atoms with van der Waals surface area (Å²) in [6.07, 6.45) is 1.55. The molecule has 31 heavy (non-hydrogen) atoms. The normalized spacial score (nSPS) is 15.0. The maximum Gasteiger partial charge on any atom is 0.293 e. The highest BCUT2D eigenvalue weighted by Crippen LogP contribution is 2.39. The smallest absolute Gasteiger partial charge is 0.293 e. The van der Waals surface area contributed by atoms with Crippen molar-refractivity contribution in [1.82, 2.24) is 4.90 Å². The van der Waals surface area contributed by atoms with Gasteiger partial charge in [-0.15, -0.1) is 0 Å². The maximum atomic E-state index is 12.8. The van der Waals surface area contributed by atoms with Crippen LogP contribution in [0.2, 0.25) is 5.02 Å². The van der Waals surface area contributed by atoms with E-state index < -0.39 is 11.1 Å². The number of ether oxygens (including phenoxy) is 2. The molecular formula is C22H19BrClNO5S. The van der Waals surface area contributed by atoms with Gasteiger partial charge in [-0.1, -0.05) is 39.7 Å². The van der Waals surface area contributed by atoms with Crippen molar-refractivity contribution < 1.29 is 23.9 Å². The summed E-state index contributed by atoms with van der Waals surface area (Å²) in [6.45, 7) is 4.19. The molecule has 0 aromatic heterocycles. The number of halogens is 2. The number of hydrogen-bond donors (Lipinski definition) is 0. The third kappa shape index (κ3) is 5.50. The molecule has 0 spiro atoms. The number of carbonyl (C=O) groups excluding carboxylic acids is 3. The van der Waals surface area contributed by atoms with E-state index in [1.54, 1.807) is 42.5 Å². The van der Waals surface area contributed by atoms with Crippen LogP contribution in [0.3, 0.4) is 0 Å². The van der Waals surface area contributed by atoms with E-state index >= 15 is 0 Å². The van der Waals surface area contributed by atoms with E-state index in [4.69, 9.17) is 21.1 Å². The van der Waals surface area contributed by atoms with Crippen LogP contribution in [-0.2, 0) is 4.79 Å². The first-order valence-corrected chi connectivity index (χ1v) is 11.5. The van der Waals surface area contributed by atoms with E-state index in [1.807, 2.05) is 13.8 Å². The molecule has 0 radical (unpaired) electrons. The first kappa shape index (κ1) is 23.4. The molecule has 6 nitrogen and oxygen atoms in total. The lowest BCUT2D eigenvalue weighted by molar-refractivity contribution is -0.122. The summed E-state index contributed by atoms with van der Waals surface area (Å²) < 4.78 is 12.0. The molecule has 0 aliphatic carbocycles. The summed E-state index contributed by atoms with van der Waals surface area (Å²) in [4.78, 5) is 38.8. The SMILES string of the molecule is CCOc1cc(/C=C2/SC(=O)N(CC(=O)c3ccc(Br)cc3)C2=O)cc(Cl)c1OCC. The molecule has 3 rings (SSSR count). The fourth-order valence-corrected chi connectivity index (χ4v) is 4.25. The first-order chi connectivity index (χ1) is 14.8. The summed E-state index contributed by atoms with van der Waals surface area (Å²) in [5.74, 6) is 0.0336. The summed E-state index contributed by atoms with van der Waals surface area (Å²) in [5.41, 5.74) is 1.01. The van der Waals surface area contributed by atoms with Crippen molar-refractivity contribution in [2.45, 2.75) is 13.8 Å². The summed E-state index contributed by atoms with van der Waals surface area (Å²) >= 11 is 10.4. The van der Waals surface area contributed by atoms with E-state index in [0.29, 0.717) is 40.9 Å². The Labute approximate surface area is 197 Å². The Balaban J connectivity index is 1.82. The third-order valence-corrected chi connectivity index (χ3v) is 5.98. The standard InChI is InChI=1S/C22H19BrClNO5S/c1-3-29-18-10-13(9-16(24)20(18)30-4-2)11-19-21(27)25(22(28)31-19)12-17(26)14-5-7-15(23)8-6-14/h5-11H,3-4,12H2,1-2H3/b19-11+. The second kappa shape index (κ2) is 10.3. The van der Waals surface area contributed by atoms with Gasteiger partial charge >= 0.3 is 0 Å². The van der Waals surface area contributed by atoms with Gasteiger partial charge in [-0.3, -0.25) is 19.3 Å². The van der Waals surface area contributed by atoms with Crippen molar-refractivity contribution in [3.63, 3.8) is 0 Å². The Hall–Kier alpha value is -2.29. The van der Waals surface area contributed by atoms with Crippen LogP contribution < -0.4 is 9.47 Å². The molecule has 2 aromatic carbocycles. The fourth-order valence-electron chi connectivity index (χ4n) is 2.88. The second-order valence-corrected chi connectivity index (χ2v) is 8.71. The molecule has 162 valence electrons. The summed E-state index contributed by atoms with van der Waals surface area (Å²) in [6, 6.07) is 10.1. The number of nitrogens with zero attached hydrogens (tertiary/aromatic N) is 1. The molecule has 1 aliphatic rings. The van der Waals surface area contributed by atoms with Crippen LogP contribution in [0.25, 0.3) is 6.08 Å². The van der Waals surface area contributed by atoms with Crippen LogP contribution in [0.15, 0.2) is 45.8 Å². The number of Topliss-reactive ketones (excluding diaryl/α,β-unsaturated/α-hetero) is 1. The number of imide groups is 1. The van der Waals surface area contributed by atoms with Gasteiger partial charge in [0.1, 0.15) is 0 Å². The lowest BCUT2D eigenvalue weighted by Crippen LogP contribution is -2.33. The summed E-state index contributed by atoms with van der Waals surface area (Å²) in [5, 5.41) is -0.160. The van der Waals surface area contributed by atoms with Crippen LogP contribution in [0, 0.1) is 0 Å². The van der Waals surface area contributed by atoms with E-state index in [9.17, 15) is 14.4 Å². The van der Waals surface area contributed by atoms with E-state index in [0.717, 1.165) is 21.1 Å². The van der Waals surface area contributed by atoms with Gasteiger partial charge in [0.15, 0.2) is 17.3 Å². The van der Waals surface area contributed by atoms with Gasteiger partial charge in [0.05, 0.1) is 29.7 Å². The highest BCUT2D eigenvalue weighted by atomic mass is 79.9. The lowest BCUT2D eigenvalue weighted by Gasteiger charge is -2.13. The predicted octanol–water partition coefficient (Wildman–Crippen LogP) is 5.82. The summed E-state index contributed by atoms with van der Waals surface area (Å²) in [7, 11) is 0. The predicted molar refractivity (Wildman–Crippen MR) is 125 cm³/mol. The molecule has 1 saturated heterocycles. The van der Waals surface area contributed by atoms with Gasteiger partial charge in [-0.25, -0.2) is 0 Å². The minimum atomic E-state index is -0.525. The van der Waals surface area contributed by atoms with E-state index in [2.05, 4.69) is 15.9 Å². The van der Waals surface area contributed by atoms with Crippen molar-refractivity contribution in [3.8, 4) is 11.5 Å². The van der Waals surface area contributed by atoms with Crippen molar-refractivity contribution in [2.24, 2.45) is 0 Å². The molecule has 1 heterocycles. The van der Waals surface area contributed by atoms with Gasteiger partial charge in [0, 0.05) is 10.0 Å². The Morgan fingerprint density at radius 2 is 1.81 bits per heavy atom. The Bertz CT molecular complexity index is 1050. The second-order valence-electron chi connectivity index (χ2n) is 6.39. The number of rotatable bonds is 8. The van der Waals surface area contributed by atoms with Crippen LogP contribution in [0.1, 0.15) is 29.8 Å². The van der Waals surface area contributed by atoms with Crippen LogP contribution in [0.5, 0.6) is 11.5 Å². The van der Waals surface area contributed by atoms with Gasteiger partial charge in [0.2, 0.25) is 0 Å². The molecule has 0 atom stereocenters. The van der Waals surface area contributed by atoms with Gasteiger partial charge in [0.25, 0.3) is 11.1 Å². The Morgan fingerprint density at radius 3 is 2.45 bits per heavy atom. The molecule has 1 aliphatic heterocycles. The topological polar surface area (TPSA) is 72.9 Å². The quantitative estimate of drug-likeness (QED) is 0.320. The first-order valence-electron chi connectivity index (χ1n) is 9.47. The zero-order chi connectivity index (χ0) is 22.5. The van der Waals surface area contributed by atoms with E-state index in [1.165, 1.54) is 0 Å². The van der Waals surface area contributed by atoms with Crippen molar-refractivity contribution >= 4 is 62.3 Å². The molecule has 0 saturated carbocycles. The highest BCUT2D eigenvalue weighted by Gasteiger charge is 2.36. The Kier molecular flexibility index (Phi) is 7.80. The minimum Gasteiger partial charge on any atom is -0.490 e. The molecular weight excluding hydrogens is 506 g/mol. The highest BCUT2D eigenvalue weighted by molar-refractivity contribution is 9.10. The van der Waals surface area contributed by atoms with Gasteiger partial charge < -0.3 is 9.47 Å². The maximum absolute atomic E-state index is 12.8. The van der Waals surface area contributed by atoms with E-state index in [-0.39, 0.29) is 17.2 Å². The number of hydrogen-bond acceptors (Lipinski definition) is 6. The molecule has 2 aromatic rings. The number of amides is 2. The molecule has 1 fully saturated rings. The average molecular weight is 525 g/mol.